The minimum Gasteiger partial charge on any atom is -0.389 e. The lowest BCUT2D eigenvalue weighted by Gasteiger charge is -2.16. The standard InChI is InChI=1S/C15H17ClN2S2/c1-9(7-12-5-3-10(2)20-12)18-14-6-4-11(15(17)19)8-13(14)16/h3-6,8-9,18H,7H2,1-2H3,(H2,17,19). The molecular weight excluding hydrogens is 308 g/mol. The molecule has 1 unspecified atom stereocenters. The molecule has 0 radical (unpaired) electrons. The zero-order valence-corrected chi connectivity index (χ0v) is 13.8. The van der Waals surface area contributed by atoms with Crippen LogP contribution in [0.15, 0.2) is 30.3 Å². The minimum atomic E-state index is 0.307. The Bertz CT molecular complexity index is 622. The molecule has 0 aliphatic heterocycles. The van der Waals surface area contributed by atoms with Gasteiger partial charge in [-0.05, 0) is 44.2 Å². The fourth-order valence-corrected chi connectivity index (χ4v) is 3.38. The molecule has 0 amide bonds. The Hall–Kier alpha value is -1.10. The van der Waals surface area contributed by atoms with Crippen LogP contribution in [0.25, 0.3) is 0 Å². The largest absolute Gasteiger partial charge is 0.389 e. The molecular formula is C15H17ClN2S2. The summed E-state index contributed by atoms with van der Waals surface area (Å²) in [4.78, 5) is 3.07. The summed E-state index contributed by atoms with van der Waals surface area (Å²) in [6.07, 6.45) is 0.978. The van der Waals surface area contributed by atoms with E-state index in [2.05, 4.69) is 31.3 Å². The molecule has 20 heavy (non-hydrogen) atoms. The number of benzene rings is 1. The highest BCUT2D eigenvalue weighted by atomic mass is 35.5. The number of aryl methyl sites for hydroxylation is 1. The first-order valence-corrected chi connectivity index (χ1v) is 7.97. The Kier molecular flexibility index (Phi) is 5.02. The van der Waals surface area contributed by atoms with Crippen molar-refractivity contribution < 1.29 is 0 Å². The molecule has 1 aromatic carbocycles. The third-order valence-electron chi connectivity index (χ3n) is 2.96. The Labute approximate surface area is 134 Å². The summed E-state index contributed by atoms with van der Waals surface area (Å²) in [7, 11) is 0. The van der Waals surface area contributed by atoms with E-state index in [-0.39, 0.29) is 0 Å². The van der Waals surface area contributed by atoms with Gasteiger partial charge >= 0.3 is 0 Å². The normalized spacial score (nSPS) is 12.2. The van der Waals surface area contributed by atoms with Gasteiger partial charge in [0.1, 0.15) is 4.99 Å². The third-order valence-corrected chi connectivity index (χ3v) is 4.53. The van der Waals surface area contributed by atoms with Crippen LogP contribution in [-0.2, 0) is 6.42 Å². The van der Waals surface area contributed by atoms with E-state index < -0.39 is 0 Å². The van der Waals surface area contributed by atoms with Crippen molar-refractivity contribution in [3.63, 3.8) is 0 Å². The average molecular weight is 325 g/mol. The van der Waals surface area contributed by atoms with Crippen molar-refractivity contribution in [2.75, 3.05) is 5.32 Å². The van der Waals surface area contributed by atoms with Crippen molar-refractivity contribution in [1.82, 2.24) is 0 Å². The number of nitrogens with one attached hydrogen (secondary N) is 1. The molecule has 2 nitrogen and oxygen atoms in total. The fourth-order valence-electron chi connectivity index (χ4n) is 2.00. The molecule has 2 aromatic rings. The van der Waals surface area contributed by atoms with Crippen molar-refractivity contribution in [3.05, 3.63) is 50.7 Å². The van der Waals surface area contributed by atoms with Gasteiger partial charge in [0.05, 0.1) is 10.7 Å². The van der Waals surface area contributed by atoms with Crippen molar-refractivity contribution in [2.24, 2.45) is 5.73 Å². The zero-order valence-electron chi connectivity index (χ0n) is 11.4. The van der Waals surface area contributed by atoms with E-state index in [0.29, 0.717) is 16.1 Å². The lowest BCUT2D eigenvalue weighted by atomic mass is 10.1. The van der Waals surface area contributed by atoms with Crippen LogP contribution >= 0.6 is 35.2 Å². The second-order valence-electron chi connectivity index (χ2n) is 4.82. The van der Waals surface area contributed by atoms with Gasteiger partial charge in [-0.3, -0.25) is 0 Å². The highest BCUT2D eigenvalue weighted by Gasteiger charge is 2.09. The number of nitrogens with two attached hydrogens (primary N) is 1. The monoisotopic (exact) mass is 324 g/mol. The topological polar surface area (TPSA) is 38.0 Å². The van der Waals surface area contributed by atoms with Crippen LogP contribution in [0, 0.1) is 6.92 Å². The van der Waals surface area contributed by atoms with Gasteiger partial charge in [-0.1, -0.05) is 23.8 Å². The van der Waals surface area contributed by atoms with E-state index >= 15 is 0 Å². The maximum absolute atomic E-state index is 6.25. The lowest BCUT2D eigenvalue weighted by molar-refractivity contribution is 0.800. The van der Waals surface area contributed by atoms with Gasteiger partial charge in [-0.2, -0.15) is 0 Å². The molecule has 1 atom stereocenters. The second-order valence-corrected chi connectivity index (χ2v) is 7.04. The number of rotatable bonds is 5. The summed E-state index contributed by atoms with van der Waals surface area (Å²) in [6, 6.07) is 10.2. The first kappa shape index (κ1) is 15.3. The molecule has 0 aliphatic rings. The van der Waals surface area contributed by atoms with Crippen LogP contribution in [0.5, 0.6) is 0 Å². The highest BCUT2D eigenvalue weighted by molar-refractivity contribution is 7.80. The van der Waals surface area contributed by atoms with Crippen molar-refractivity contribution in [1.29, 1.82) is 0 Å². The predicted octanol–water partition coefficient (Wildman–Crippen LogP) is 4.39. The lowest BCUT2D eigenvalue weighted by Crippen LogP contribution is -2.18. The average Bonchev–Trinajstić information content (AvgIpc) is 2.77. The number of hydrogen-bond donors (Lipinski definition) is 2. The molecule has 1 heterocycles. The molecule has 0 bridgehead atoms. The van der Waals surface area contributed by atoms with Crippen LogP contribution in [0.3, 0.4) is 0 Å². The summed E-state index contributed by atoms with van der Waals surface area (Å²) < 4.78 is 0. The fraction of sp³-hybridized carbons (Fsp3) is 0.267. The van der Waals surface area contributed by atoms with E-state index in [0.717, 1.165) is 17.7 Å². The number of thiocarbonyl (C=S) groups is 1. The number of thiophene rings is 1. The third kappa shape index (κ3) is 3.95. The minimum absolute atomic E-state index is 0.307. The Morgan fingerprint density at radius 1 is 1.40 bits per heavy atom. The summed E-state index contributed by atoms with van der Waals surface area (Å²) in [5.41, 5.74) is 7.29. The molecule has 2 rings (SSSR count). The van der Waals surface area contributed by atoms with Crippen LogP contribution in [-0.4, -0.2) is 11.0 Å². The molecule has 3 N–H and O–H groups in total. The van der Waals surface area contributed by atoms with Crippen molar-refractivity contribution in [3.8, 4) is 0 Å². The van der Waals surface area contributed by atoms with Gasteiger partial charge < -0.3 is 11.1 Å². The van der Waals surface area contributed by atoms with Gasteiger partial charge in [0.15, 0.2) is 0 Å². The Morgan fingerprint density at radius 2 is 2.15 bits per heavy atom. The molecule has 0 saturated heterocycles. The zero-order chi connectivity index (χ0) is 14.7. The molecule has 5 heteroatoms. The van der Waals surface area contributed by atoms with Crippen LogP contribution in [0.2, 0.25) is 5.02 Å². The van der Waals surface area contributed by atoms with E-state index in [1.807, 2.05) is 23.5 Å². The summed E-state index contributed by atoms with van der Waals surface area (Å²) in [6.45, 7) is 4.27. The van der Waals surface area contributed by atoms with Crippen LogP contribution in [0.1, 0.15) is 22.2 Å². The maximum atomic E-state index is 6.25. The molecule has 0 spiro atoms. The van der Waals surface area contributed by atoms with Gasteiger partial charge in [0, 0.05) is 27.8 Å². The first-order valence-electron chi connectivity index (χ1n) is 6.37. The second kappa shape index (κ2) is 6.57. The van der Waals surface area contributed by atoms with Crippen molar-refractivity contribution in [2.45, 2.75) is 26.3 Å². The van der Waals surface area contributed by atoms with Crippen LogP contribution in [0.4, 0.5) is 5.69 Å². The quantitative estimate of drug-likeness (QED) is 0.801. The van der Waals surface area contributed by atoms with Gasteiger partial charge in [0.25, 0.3) is 0 Å². The van der Waals surface area contributed by atoms with Crippen molar-refractivity contribution >= 4 is 45.8 Å². The molecule has 106 valence electrons. The van der Waals surface area contributed by atoms with Gasteiger partial charge in [-0.15, -0.1) is 11.3 Å². The smallest absolute Gasteiger partial charge is 0.104 e. The van der Waals surface area contributed by atoms with E-state index in [4.69, 9.17) is 29.6 Å². The SMILES string of the molecule is Cc1ccc(CC(C)Nc2ccc(C(N)=S)cc2Cl)s1. The van der Waals surface area contributed by atoms with Gasteiger partial charge in [-0.25, -0.2) is 0 Å². The van der Waals surface area contributed by atoms with E-state index in [9.17, 15) is 0 Å². The van der Waals surface area contributed by atoms with E-state index in [1.54, 1.807) is 6.07 Å². The van der Waals surface area contributed by atoms with Gasteiger partial charge in [0.2, 0.25) is 0 Å². The molecule has 1 aromatic heterocycles. The number of anilines is 1. The molecule has 0 fully saturated rings. The number of halogens is 1. The number of hydrogen-bond acceptors (Lipinski definition) is 3. The maximum Gasteiger partial charge on any atom is 0.104 e. The highest BCUT2D eigenvalue weighted by Crippen LogP contribution is 2.25. The summed E-state index contributed by atoms with van der Waals surface area (Å²) in [5, 5.41) is 4.07. The van der Waals surface area contributed by atoms with E-state index in [1.165, 1.54) is 9.75 Å². The molecule has 0 saturated carbocycles. The Morgan fingerprint density at radius 3 is 2.70 bits per heavy atom. The molecule has 0 aliphatic carbocycles. The summed E-state index contributed by atoms with van der Waals surface area (Å²) in [5.74, 6) is 0. The Balaban J connectivity index is 2.04. The first-order chi connectivity index (χ1) is 9.45. The predicted molar refractivity (Wildman–Crippen MR) is 93.2 cm³/mol. The van der Waals surface area contributed by atoms with Crippen LogP contribution < -0.4 is 11.1 Å². The summed E-state index contributed by atoms with van der Waals surface area (Å²) >= 11 is 13.0.